The van der Waals surface area contributed by atoms with Crippen LogP contribution in [0.2, 0.25) is 0 Å². The minimum atomic E-state index is -5.64. The first-order valence-corrected chi connectivity index (χ1v) is 58.9. The highest BCUT2D eigenvalue weighted by Crippen LogP contribution is 2.71. The Balaban J connectivity index is 0.000000180. The SMILES string of the molecule is CCCCC1OC2[C@@H](COP(=O)(O)OP(=O)(O)OP(=O)(O)Cc3cccc4ccccc34)O[C@@H](n3cc(I)c(=O)[nH]c3=O)[C@H]2O1.CCCCCCP(=O)(O)OP(=O)(O)OP(=O)(O)OC[C@H]1O[C@@H](n2ccc(OCc3ccccc3)nc2=O)[C@H]2OC(c3ccc([N+](=O)[O-])cc3)OC12.O=C(OC1C[C@H](n2ccc(N3CCOCC3)nc2=O)O[C@@H]1COP(=O)(O)OP(=O)(O)OP(=O)(O)Cc1ccccc1)c1ccccc1. The lowest BCUT2D eigenvalue weighted by molar-refractivity contribution is -0.384. The number of ether oxygens (including phenoxy) is 10. The quantitative estimate of drug-likeness (QED) is 0.00423. The lowest BCUT2D eigenvalue weighted by atomic mass is 10.1. The van der Waals surface area contributed by atoms with Crippen molar-refractivity contribution in [1.29, 1.82) is 0 Å². The molecule has 6 aliphatic heterocycles. The molecule has 6 saturated heterocycles. The summed E-state index contributed by atoms with van der Waals surface area (Å²) < 4.78 is 215. The molecule has 0 spiro atoms. The van der Waals surface area contributed by atoms with Crippen LogP contribution < -0.4 is 32.3 Å². The molecule has 6 fully saturated rings. The number of aromatic nitrogens is 6. The van der Waals surface area contributed by atoms with Crippen LogP contribution in [-0.4, -0.2) is 191 Å². The van der Waals surface area contributed by atoms with Crippen molar-refractivity contribution < 1.29 is 182 Å². The van der Waals surface area contributed by atoms with Crippen LogP contribution >= 0.6 is 92.3 Å². The molecule has 9 aromatic rings. The fourth-order valence-electron chi connectivity index (χ4n) is 15.2. The summed E-state index contributed by atoms with van der Waals surface area (Å²) in [5.74, 6) is -0.305. The molecule has 6 aliphatic rings. The molecule has 778 valence electrons. The van der Waals surface area contributed by atoms with Crippen molar-refractivity contribution >= 4 is 121 Å². The fourth-order valence-corrected chi connectivity index (χ4v) is 28.2. The average Bonchev–Trinajstić information content (AvgIpc) is 1.66. The molecule has 0 radical (unpaired) electrons. The first-order chi connectivity index (χ1) is 67.6. The lowest BCUT2D eigenvalue weighted by Gasteiger charge is -2.27. The van der Waals surface area contributed by atoms with Crippen molar-refractivity contribution in [3.05, 3.63) is 272 Å². The van der Waals surface area contributed by atoms with Gasteiger partial charge in [-0.25, -0.2) is 59.5 Å². The molecule has 0 aliphatic carbocycles. The number of unbranched alkanes of at least 4 members (excludes halogenated alkanes) is 4. The molecule has 15 rings (SSSR count). The van der Waals surface area contributed by atoms with Gasteiger partial charge >= 0.3 is 92.8 Å². The number of nitrogens with zero attached hydrogens (tertiary/aromatic N) is 7. The Hall–Kier alpha value is -7.75. The number of phosphoric ester groups is 3. The Bertz CT molecular complexity index is 6660. The molecular weight excluding hydrogens is 2190 g/mol. The zero-order chi connectivity index (χ0) is 103. The highest BCUT2D eigenvalue weighted by Gasteiger charge is 2.58. The van der Waals surface area contributed by atoms with Crippen molar-refractivity contribution in [2.75, 3.05) is 57.2 Å². The van der Waals surface area contributed by atoms with Gasteiger partial charge in [0.15, 0.2) is 25.0 Å². The number of benzene rings is 6. The van der Waals surface area contributed by atoms with Gasteiger partial charge < -0.3 is 96.3 Å². The number of nitro groups is 1. The molecule has 0 saturated carbocycles. The van der Waals surface area contributed by atoms with E-state index in [1.165, 1.54) is 79.3 Å². The van der Waals surface area contributed by atoms with Gasteiger partial charge in [0.05, 0.1) is 65.6 Å². The van der Waals surface area contributed by atoms with E-state index >= 15 is 0 Å². The Labute approximate surface area is 825 Å². The number of fused-ring (bicyclic) bond motifs is 3. The second kappa shape index (κ2) is 49.1. The number of aromatic amines is 1. The van der Waals surface area contributed by atoms with Crippen LogP contribution in [-0.2, 0) is 142 Å². The number of rotatable bonds is 44. The van der Waals surface area contributed by atoms with Gasteiger partial charge in [-0.3, -0.25) is 60.9 Å². The first kappa shape index (κ1) is 112. The summed E-state index contributed by atoms with van der Waals surface area (Å²) in [5.41, 5.74) is -1.05. The molecular formula is C81H98IN8O44P9. The number of H-pyrrole nitrogens is 1. The van der Waals surface area contributed by atoms with Crippen LogP contribution in [0.4, 0.5) is 11.5 Å². The van der Waals surface area contributed by atoms with E-state index in [4.69, 9.17) is 60.9 Å². The van der Waals surface area contributed by atoms with Crippen LogP contribution in [0.3, 0.4) is 0 Å². The number of hydrogen-bond acceptors (Lipinski definition) is 38. The maximum Gasteiger partial charge on any atom is 0.488 e. The molecule has 14 unspecified atom stereocenters. The van der Waals surface area contributed by atoms with Crippen LogP contribution in [0, 0.1) is 13.7 Å². The van der Waals surface area contributed by atoms with E-state index < -0.39 is 222 Å². The molecule has 143 heavy (non-hydrogen) atoms. The highest BCUT2D eigenvalue weighted by molar-refractivity contribution is 14.1. The van der Waals surface area contributed by atoms with Gasteiger partial charge in [0.1, 0.15) is 67.5 Å². The summed E-state index contributed by atoms with van der Waals surface area (Å²) in [6, 6.07) is 45.0. The normalized spacial score (nSPS) is 25.2. The molecule has 0 bridgehead atoms. The molecule has 22 atom stereocenters. The van der Waals surface area contributed by atoms with E-state index in [0.717, 1.165) is 50.3 Å². The van der Waals surface area contributed by atoms with E-state index in [1.807, 2.05) is 49.1 Å². The second-order valence-electron chi connectivity index (χ2n) is 32.2. The van der Waals surface area contributed by atoms with Gasteiger partial charge in [0, 0.05) is 61.9 Å². The minimum absolute atomic E-state index is 0.0179. The van der Waals surface area contributed by atoms with E-state index in [1.54, 1.807) is 101 Å². The highest BCUT2D eigenvalue weighted by atomic mass is 127. The molecule has 9 heterocycles. The molecule has 6 aromatic carbocycles. The van der Waals surface area contributed by atoms with E-state index in [-0.39, 0.29) is 45.7 Å². The van der Waals surface area contributed by atoms with Gasteiger partial charge in [-0.05, 0) is 99.6 Å². The predicted octanol–water partition coefficient (Wildman–Crippen LogP) is 12.5. The number of halogens is 1. The number of non-ortho nitro benzene ring substituents is 1. The second-order valence-corrected chi connectivity index (χ2v) is 48.6. The number of esters is 1. The summed E-state index contributed by atoms with van der Waals surface area (Å²) in [6.07, 6.45) is -7.58. The molecule has 3 aromatic heterocycles. The number of anilines is 1. The maximum atomic E-state index is 13.2. The molecule has 10 N–H and O–H groups in total. The fraction of sp³-hybridized carbons (Fsp3) is 0.420. The number of carbonyl (C=O) groups excluding carboxylic acids is 1. The van der Waals surface area contributed by atoms with Gasteiger partial charge in [0.25, 0.3) is 11.2 Å². The smallest absolute Gasteiger partial charge is 0.473 e. The largest absolute Gasteiger partial charge is 0.488 e. The number of phosphoric acid groups is 6. The Morgan fingerprint density at radius 3 is 1.63 bits per heavy atom. The van der Waals surface area contributed by atoms with Crippen molar-refractivity contribution in [1.82, 2.24) is 28.7 Å². The Kier molecular flexibility index (Phi) is 38.6. The van der Waals surface area contributed by atoms with E-state index in [9.17, 15) is 119 Å². The first-order valence-electron chi connectivity index (χ1n) is 43.5. The van der Waals surface area contributed by atoms with Gasteiger partial charge in [0.2, 0.25) is 5.88 Å². The van der Waals surface area contributed by atoms with Gasteiger partial charge in [-0.15, -0.1) is 0 Å². The number of morpholine rings is 1. The van der Waals surface area contributed by atoms with Crippen molar-refractivity contribution in [2.45, 2.75) is 164 Å². The van der Waals surface area contributed by atoms with Crippen LogP contribution in [0.1, 0.15) is 123 Å². The molecule has 0 amide bonds. The summed E-state index contributed by atoms with van der Waals surface area (Å²) >= 11 is 1.74. The lowest BCUT2D eigenvalue weighted by Crippen LogP contribution is -2.38. The average molecular weight is 2290 g/mol. The summed E-state index contributed by atoms with van der Waals surface area (Å²) in [6.45, 7) is 3.66. The van der Waals surface area contributed by atoms with E-state index in [0.29, 0.717) is 61.5 Å². The van der Waals surface area contributed by atoms with Crippen molar-refractivity contribution in [2.24, 2.45) is 0 Å². The molecule has 52 nitrogen and oxygen atoms in total. The third-order valence-corrected chi connectivity index (χ3v) is 36.7. The zero-order valence-electron chi connectivity index (χ0n) is 75.2. The third kappa shape index (κ3) is 32.4. The number of hydrogen-bond donors (Lipinski definition) is 10. The van der Waals surface area contributed by atoms with Gasteiger partial charge in [-0.2, -0.15) is 22.9 Å². The van der Waals surface area contributed by atoms with Crippen molar-refractivity contribution in [3.63, 3.8) is 0 Å². The number of nitro benzene ring substituents is 1. The summed E-state index contributed by atoms with van der Waals surface area (Å²) in [4.78, 5) is 177. The third-order valence-electron chi connectivity index (χ3n) is 21.6. The van der Waals surface area contributed by atoms with Crippen LogP contribution in [0.15, 0.2) is 208 Å². The van der Waals surface area contributed by atoms with Crippen LogP contribution in [0.25, 0.3) is 10.8 Å². The predicted molar refractivity (Wildman–Crippen MR) is 505 cm³/mol. The zero-order valence-corrected chi connectivity index (χ0v) is 85.4. The summed E-state index contributed by atoms with van der Waals surface area (Å²) in [7, 11) is -47.6. The topological polar surface area (TPSA) is 699 Å². The molecule has 62 heteroatoms. The monoisotopic (exact) mass is 2290 g/mol. The number of nitrogens with one attached hydrogen (secondary N) is 1. The maximum absolute atomic E-state index is 13.2. The Morgan fingerprint density at radius 1 is 0.517 bits per heavy atom. The number of carbonyl (C=O) groups is 1. The summed E-state index contributed by atoms with van der Waals surface area (Å²) in [5, 5.41) is 12.5. The van der Waals surface area contributed by atoms with Gasteiger partial charge in [-0.1, -0.05) is 161 Å². The standard InChI is InChI=1S/C29H36N3O16P3.C27H32N3O14P3.C25H30IN2O14P3/c1-2-3-4-8-17-49(36,37)47-51(40,41)48-50(38,39)43-19-23-25-26(46-28(45-25)21-11-13-22(14-12-21)32(34)35)27(44-23)31-16-15-24(30-29(31)33)42-18-20-9-6-5-7-10-20;31-26(21-9-5-2-6-10-21)42-22-17-25(30-12-11-24(28-27(30)32)29-13-15-39-16-14-29)41-23(22)18-40-46(35,36)44-47(37,38)43-45(33,34)19-20-7-3-1-4-8-20;1-2-3-11-20-39-21-19(38-24(22(21)40-20)28-12-18(26)23(29)27-25(28)30)13-37-44(33,34)42-45(35,36)41-43(31,32)14-16-9-6-8-15-7-4-5-10-17(15)16/h5-7,9-16,23,25-28H,2-4,8,17-19H2,1H3,(H,36,37)(H,38,39)(H,40,41);1-12,22-23,25H,13-19H2,(H,33,34)(H,35,36)(H,37,38);4-10,12,19-22,24H,2-3,11,13-14H2,1H3,(H,31,32)(H,33,34)(H,35,36)(H,27,29,30)/t23-,25?,26+,27-,28?;22?,23-,25-;19-,20?,21?,22+,24-/m111/s1. The van der Waals surface area contributed by atoms with E-state index in [2.05, 4.69) is 40.8 Å². The Morgan fingerprint density at radius 2 is 1.03 bits per heavy atom. The van der Waals surface area contributed by atoms with Crippen molar-refractivity contribution in [3.8, 4) is 5.88 Å². The minimum Gasteiger partial charge on any atom is -0.473 e. The van der Waals surface area contributed by atoms with Crippen LogP contribution in [0.5, 0.6) is 5.88 Å².